The van der Waals surface area contributed by atoms with Crippen LogP contribution in [-0.2, 0) is 0 Å². The molecule has 0 aliphatic carbocycles. The molecule has 0 saturated carbocycles. The maximum Gasteiger partial charge on any atom is 0.203 e. The summed E-state index contributed by atoms with van der Waals surface area (Å²) in [6.45, 7) is 0. The molecule has 0 fully saturated rings. The van der Waals surface area contributed by atoms with Crippen molar-refractivity contribution in [3.8, 4) is 46.9 Å². The zero-order valence-electron chi connectivity index (χ0n) is 17.0. The minimum absolute atomic E-state index is 0.330. The lowest BCUT2D eigenvalue weighted by Gasteiger charge is -2.15. The number of nitrogens with two attached hydrogens (primary N) is 1. The smallest absolute Gasteiger partial charge is 0.203 e. The van der Waals surface area contributed by atoms with Crippen LogP contribution in [0.5, 0.6) is 17.2 Å². The van der Waals surface area contributed by atoms with Gasteiger partial charge in [0.1, 0.15) is 16.7 Å². The van der Waals surface area contributed by atoms with Crippen molar-refractivity contribution >= 4 is 39.9 Å². The number of hydrogen-bond acceptors (Lipinski definition) is 10. The number of aromatic nitrogens is 2. The van der Waals surface area contributed by atoms with Gasteiger partial charge in [0, 0.05) is 5.56 Å². The van der Waals surface area contributed by atoms with Gasteiger partial charge < -0.3 is 19.9 Å². The van der Waals surface area contributed by atoms with Gasteiger partial charge in [0.15, 0.2) is 16.7 Å². The van der Waals surface area contributed by atoms with E-state index < -0.39 is 0 Å². The highest BCUT2D eigenvalue weighted by molar-refractivity contribution is 8.01. The second-order valence-corrected chi connectivity index (χ2v) is 9.16. The van der Waals surface area contributed by atoms with Crippen molar-refractivity contribution in [3.63, 3.8) is 0 Å². The van der Waals surface area contributed by atoms with E-state index in [1.54, 1.807) is 12.1 Å². The number of ether oxygens (including phenoxy) is 3. The number of thiophene rings is 1. The Morgan fingerprint density at radius 3 is 2.35 bits per heavy atom. The summed E-state index contributed by atoms with van der Waals surface area (Å²) in [5.41, 5.74) is 7.26. The van der Waals surface area contributed by atoms with Crippen LogP contribution in [0.1, 0.15) is 5.56 Å². The number of methoxy groups -OCH3 is 3. The average Bonchev–Trinajstić information content (AvgIpc) is 3.20. The Balaban J connectivity index is 2.22. The van der Waals surface area contributed by atoms with Crippen LogP contribution in [0.25, 0.3) is 11.3 Å². The van der Waals surface area contributed by atoms with Crippen molar-refractivity contribution in [2.24, 2.45) is 0 Å². The van der Waals surface area contributed by atoms with Gasteiger partial charge in [-0.25, -0.2) is 9.97 Å². The first-order chi connectivity index (χ1) is 15.0. The van der Waals surface area contributed by atoms with Gasteiger partial charge in [-0.3, -0.25) is 0 Å². The van der Waals surface area contributed by atoms with Crippen molar-refractivity contribution in [2.45, 2.75) is 14.4 Å². The van der Waals surface area contributed by atoms with Gasteiger partial charge in [0.25, 0.3) is 0 Å². The van der Waals surface area contributed by atoms with Crippen molar-refractivity contribution in [1.82, 2.24) is 9.97 Å². The molecule has 0 saturated heterocycles. The highest BCUT2D eigenvalue weighted by Gasteiger charge is 2.21. The van der Waals surface area contributed by atoms with E-state index in [9.17, 15) is 5.26 Å². The Kier molecular flexibility index (Phi) is 7.53. The molecule has 0 amide bonds. The van der Waals surface area contributed by atoms with Crippen LogP contribution in [0.15, 0.2) is 38.7 Å². The van der Waals surface area contributed by atoms with Crippen LogP contribution in [0.3, 0.4) is 0 Å². The number of nitrogens with zero attached hydrogens (tertiary/aromatic N) is 3. The molecule has 0 unspecified atom stereocenters. The average molecular weight is 471 g/mol. The largest absolute Gasteiger partial charge is 0.493 e. The number of nitriles is 1. The molecule has 1 aromatic carbocycles. The fourth-order valence-corrected chi connectivity index (χ4v) is 5.16. The van der Waals surface area contributed by atoms with E-state index in [2.05, 4.69) is 22.0 Å². The molecule has 31 heavy (non-hydrogen) atoms. The first kappa shape index (κ1) is 22.6. The Labute approximate surface area is 192 Å². The number of nitrogen functional groups attached to an aromatic ring is 1. The Bertz CT molecular complexity index is 1160. The number of terminal acetylenes is 1. The third-order valence-corrected chi connectivity index (χ3v) is 6.78. The number of thioether (sulfide) groups is 1. The van der Waals surface area contributed by atoms with Gasteiger partial charge in [0.2, 0.25) is 5.75 Å². The Morgan fingerprint density at radius 2 is 1.84 bits per heavy atom. The van der Waals surface area contributed by atoms with Crippen molar-refractivity contribution in [1.29, 1.82) is 5.26 Å². The van der Waals surface area contributed by atoms with Crippen LogP contribution in [0, 0.1) is 23.7 Å². The molecule has 2 N–H and O–H groups in total. The molecule has 10 heteroatoms. The van der Waals surface area contributed by atoms with Crippen LogP contribution < -0.4 is 19.9 Å². The van der Waals surface area contributed by atoms with E-state index in [4.69, 9.17) is 26.4 Å². The molecule has 7 nitrogen and oxygen atoms in total. The fraction of sp³-hybridized carbons (Fsp3) is 0.190. The normalized spacial score (nSPS) is 10.2. The molecule has 0 atom stereocenters. The van der Waals surface area contributed by atoms with Gasteiger partial charge in [0.05, 0.1) is 42.0 Å². The lowest BCUT2D eigenvalue weighted by molar-refractivity contribution is 0.324. The van der Waals surface area contributed by atoms with E-state index in [1.807, 2.05) is 12.1 Å². The van der Waals surface area contributed by atoms with E-state index in [0.717, 1.165) is 4.21 Å². The fourth-order valence-electron chi connectivity index (χ4n) is 2.68. The summed E-state index contributed by atoms with van der Waals surface area (Å²) in [4.78, 5) is 9.18. The number of rotatable bonds is 8. The van der Waals surface area contributed by atoms with Crippen LogP contribution in [-0.4, -0.2) is 37.1 Å². The third-order valence-electron chi connectivity index (χ3n) is 3.99. The summed E-state index contributed by atoms with van der Waals surface area (Å²) in [5, 5.41) is 11.6. The molecular weight excluding hydrogens is 452 g/mol. The lowest BCUT2D eigenvalue weighted by Crippen LogP contribution is -2.01. The summed E-state index contributed by atoms with van der Waals surface area (Å²) in [5.74, 6) is 4.33. The van der Waals surface area contributed by atoms with Crippen LogP contribution in [0.4, 0.5) is 5.00 Å². The Hall–Kier alpha value is -3.05. The van der Waals surface area contributed by atoms with Gasteiger partial charge in [-0.05, 0) is 24.3 Å². The molecule has 0 aliphatic heterocycles. The molecule has 158 valence electrons. The second-order valence-electron chi connectivity index (χ2n) is 5.81. The molecular formula is C21H18N4O3S3. The number of anilines is 1. The summed E-state index contributed by atoms with van der Waals surface area (Å²) in [6.07, 6.45) is 5.41. The molecule has 0 bridgehead atoms. The molecule has 2 aromatic heterocycles. The third kappa shape index (κ3) is 5.00. The quantitative estimate of drug-likeness (QED) is 0.219. The first-order valence-corrected chi connectivity index (χ1v) is 11.4. The maximum atomic E-state index is 9.97. The molecule has 0 aliphatic rings. The predicted octanol–water partition coefficient (Wildman–Crippen LogP) is 4.56. The van der Waals surface area contributed by atoms with E-state index in [0.29, 0.717) is 55.0 Å². The highest BCUT2D eigenvalue weighted by atomic mass is 32.2. The predicted molar refractivity (Wildman–Crippen MR) is 124 cm³/mol. The van der Waals surface area contributed by atoms with Crippen molar-refractivity contribution in [2.75, 3.05) is 32.8 Å². The van der Waals surface area contributed by atoms with E-state index in [1.165, 1.54) is 56.2 Å². The standard InChI is InChI=1S/C21H18N4O3S3/c1-5-8-29-21-24-18(12-9-14(26-2)19(28-4)15(10-12)27-3)13(11-22)20(25-21)31-17-7-6-16(23)30-17/h1,6-7,9-10H,8,23H2,2-4H3. The van der Waals surface area contributed by atoms with E-state index >= 15 is 0 Å². The number of benzene rings is 1. The van der Waals surface area contributed by atoms with Gasteiger partial charge in [-0.15, -0.1) is 17.8 Å². The van der Waals surface area contributed by atoms with E-state index in [-0.39, 0.29) is 0 Å². The van der Waals surface area contributed by atoms with Crippen LogP contribution in [0.2, 0.25) is 0 Å². The maximum absolute atomic E-state index is 9.97. The summed E-state index contributed by atoms with van der Waals surface area (Å²) >= 11 is 4.09. The zero-order chi connectivity index (χ0) is 22.4. The van der Waals surface area contributed by atoms with Crippen LogP contribution >= 0.6 is 34.9 Å². The summed E-state index contributed by atoms with van der Waals surface area (Å²) < 4.78 is 17.2. The molecule has 3 aromatic rings. The van der Waals surface area contributed by atoms with Crippen molar-refractivity contribution in [3.05, 3.63) is 29.8 Å². The topological polar surface area (TPSA) is 103 Å². The Morgan fingerprint density at radius 1 is 1.13 bits per heavy atom. The molecule has 0 radical (unpaired) electrons. The molecule has 0 spiro atoms. The zero-order valence-corrected chi connectivity index (χ0v) is 19.4. The van der Waals surface area contributed by atoms with Gasteiger partial charge in [-0.2, -0.15) is 5.26 Å². The summed E-state index contributed by atoms with van der Waals surface area (Å²) in [6, 6.07) is 9.44. The lowest BCUT2D eigenvalue weighted by atomic mass is 10.1. The minimum Gasteiger partial charge on any atom is -0.493 e. The molecule has 3 rings (SSSR count). The summed E-state index contributed by atoms with van der Waals surface area (Å²) in [7, 11) is 4.59. The second kappa shape index (κ2) is 10.3. The first-order valence-electron chi connectivity index (χ1n) is 8.76. The minimum atomic E-state index is 0.330. The monoisotopic (exact) mass is 470 g/mol. The van der Waals surface area contributed by atoms with Gasteiger partial charge >= 0.3 is 0 Å². The highest BCUT2D eigenvalue weighted by Crippen LogP contribution is 2.43. The van der Waals surface area contributed by atoms with Gasteiger partial charge in [-0.1, -0.05) is 29.4 Å². The molecule has 2 heterocycles. The SMILES string of the molecule is C#CCSc1nc(Sc2ccc(N)s2)c(C#N)c(-c2cc(OC)c(OC)c(OC)c2)n1. The van der Waals surface area contributed by atoms with Crippen molar-refractivity contribution < 1.29 is 14.2 Å². The number of hydrogen-bond donors (Lipinski definition) is 1.